The van der Waals surface area contributed by atoms with Crippen molar-refractivity contribution >= 4 is 28.4 Å². The molecule has 26 heavy (non-hydrogen) atoms. The van der Waals surface area contributed by atoms with Gasteiger partial charge in [-0.15, -0.1) is 0 Å². The SMILES string of the molecule is COc1cc2c(O)c(C(=O)NCc3ccc(Cl)cc3)cnc2c(F)c1F. The van der Waals surface area contributed by atoms with Gasteiger partial charge in [0, 0.05) is 23.2 Å². The van der Waals surface area contributed by atoms with Crippen molar-refractivity contribution in [3.63, 3.8) is 0 Å². The number of amides is 1. The van der Waals surface area contributed by atoms with Gasteiger partial charge in [-0.25, -0.2) is 4.39 Å². The van der Waals surface area contributed by atoms with Crippen LogP contribution in [-0.2, 0) is 6.54 Å². The van der Waals surface area contributed by atoms with E-state index in [1.54, 1.807) is 24.3 Å². The summed E-state index contributed by atoms with van der Waals surface area (Å²) < 4.78 is 32.5. The Bertz CT molecular complexity index is 994. The van der Waals surface area contributed by atoms with Crippen LogP contribution >= 0.6 is 11.6 Å². The molecule has 0 atom stereocenters. The molecule has 0 unspecified atom stereocenters. The Morgan fingerprint density at radius 3 is 2.62 bits per heavy atom. The average molecular weight is 379 g/mol. The number of hydrogen-bond acceptors (Lipinski definition) is 4. The molecule has 3 rings (SSSR count). The Balaban J connectivity index is 1.92. The molecule has 0 aliphatic rings. The molecule has 3 aromatic rings. The summed E-state index contributed by atoms with van der Waals surface area (Å²) in [5.41, 5.74) is 0.236. The lowest BCUT2D eigenvalue weighted by Crippen LogP contribution is -2.23. The normalized spacial score (nSPS) is 10.8. The molecule has 0 spiro atoms. The Morgan fingerprint density at radius 2 is 1.96 bits per heavy atom. The number of pyridine rings is 1. The van der Waals surface area contributed by atoms with Gasteiger partial charge in [-0.3, -0.25) is 9.78 Å². The minimum atomic E-state index is -1.26. The van der Waals surface area contributed by atoms with Gasteiger partial charge in [-0.1, -0.05) is 23.7 Å². The van der Waals surface area contributed by atoms with Crippen molar-refractivity contribution in [1.29, 1.82) is 0 Å². The Kier molecular flexibility index (Phi) is 4.90. The summed E-state index contributed by atoms with van der Waals surface area (Å²) >= 11 is 5.80. The van der Waals surface area contributed by atoms with Crippen LogP contribution in [0.3, 0.4) is 0 Å². The summed E-state index contributed by atoms with van der Waals surface area (Å²) in [5.74, 6) is -4.00. The van der Waals surface area contributed by atoms with E-state index in [1.807, 2.05) is 0 Å². The predicted molar refractivity (Wildman–Crippen MR) is 92.5 cm³/mol. The van der Waals surface area contributed by atoms with Gasteiger partial charge in [-0.2, -0.15) is 4.39 Å². The van der Waals surface area contributed by atoms with Crippen LogP contribution < -0.4 is 10.1 Å². The van der Waals surface area contributed by atoms with Crippen LogP contribution in [0.2, 0.25) is 5.02 Å². The maximum Gasteiger partial charge on any atom is 0.256 e. The lowest BCUT2D eigenvalue weighted by Gasteiger charge is -2.11. The molecule has 134 valence electrons. The highest BCUT2D eigenvalue weighted by atomic mass is 35.5. The lowest BCUT2D eigenvalue weighted by molar-refractivity contribution is 0.0948. The van der Waals surface area contributed by atoms with Crippen LogP contribution in [-0.4, -0.2) is 23.1 Å². The summed E-state index contributed by atoms with van der Waals surface area (Å²) in [6.45, 7) is 0.189. The zero-order chi connectivity index (χ0) is 18.8. The molecular weight excluding hydrogens is 366 g/mol. The van der Waals surface area contributed by atoms with E-state index in [0.717, 1.165) is 24.9 Å². The molecule has 0 aliphatic carbocycles. The fourth-order valence-electron chi connectivity index (χ4n) is 2.43. The number of rotatable bonds is 4. The fourth-order valence-corrected chi connectivity index (χ4v) is 2.56. The second-order valence-electron chi connectivity index (χ2n) is 5.43. The number of halogens is 3. The Morgan fingerprint density at radius 1 is 1.27 bits per heavy atom. The molecule has 1 aromatic heterocycles. The van der Waals surface area contributed by atoms with Crippen molar-refractivity contribution in [3.8, 4) is 11.5 Å². The van der Waals surface area contributed by atoms with Gasteiger partial charge in [-0.05, 0) is 23.8 Å². The summed E-state index contributed by atoms with van der Waals surface area (Å²) in [6.07, 6.45) is 0.990. The van der Waals surface area contributed by atoms with Crippen LogP contribution in [0.4, 0.5) is 8.78 Å². The summed E-state index contributed by atoms with van der Waals surface area (Å²) in [6, 6.07) is 7.93. The summed E-state index contributed by atoms with van der Waals surface area (Å²) in [7, 11) is 1.16. The number of hydrogen-bond donors (Lipinski definition) is 2. The van der Waals surface area contributed by atoms with Gasteiger partial charge >= 0.3 is 0 Å². The molecular formula is C18H13ClF2N2O3. The van der Waals surface area contributed by atoms with Gasteiger partial charge in [0.05, 0.1) is 7.11 Å². The first-order valence-corrected chi connectivity index (χ1v) is 7.86. The Hall–Kier alpha value is -2.93. The van der Waals surface area contributed by atoms with Gasteiger partial charge in [0.2, 0.25) is 5.82 Å². The topological polar surface area (TPSA) is 71.5 Å². The van der Waals surface area contributed by atoms with Crippen molar-refractivity contribution in [1.82, 2.24) is 10.3 Å². The molecule has 0 aliphatic heterocycles. The fraction of sp³-hybridized carbons (Fsp3) is 0.111. The maximum absolute atomic E-state index is 14.0. The number of aromatic hydroxyl groups is 1. The molecule has 5 nitrogen and oxygen atoms in total. The van der Waals surface area contributed by atoms with Crippen LogP contribution in [0.5, 0.6) is 11.5 Å². The van der Waals surface area contributed by atoms with Crippen LogP contribution in [0.1, 0.15) is 15.9 Å². The van der Waals surface area contributed by atoms with E-state index < -0.39 is 34.6 Å². The van der Waals surface area contributed by atoms with Gasteiger partial charge in [0.1, 0.15) is 16.8 Å². The standard InChI is InChI=1S/C18H13ClF2N2O3/c1-26-13-6-11-16(15(21)14(13)20)22-8-12(17(11)24)18(25)23-7-9-2-4-10(19)5-3-9/h2-6,8H,7H2,1H3,(H,22,24)(H,23,25). The van der Waals surface area contributed by atoms with Crippen LogP contribution in [0.15, 0.2) is 36.5 Å². The minimum Gasteiger partial charge on any atom is -0.506 e. The molecule has 0 saturated heterocycles. The number of methoxy groups -OCH3 is 1. The van der Waals surface area contributed by atoms with E-state index in [0.29, 0.717) is 5.02 Å². The highest BCUT2D eigenvalue weighted by molar-refractivity contribution is 6.30. The number of ether oxygens (including phenoxy) is 1. The van der Waals surface area contributed by atoms with Gasteiger partial charge in [0.15, 0.2) is 11.6 Å². The van der Waals surface area contributed by atoms with E-state index in [2.05, 4.69) is 10.3 Å². The Labute approximate surface area is 152 Å². The van der Waals surface area contributed by atoms with E-state index >= 15 is 0 Å². The number of carbonyl (C=O) groups is 1. The molecule has 0 saturated carbocycles. The lowest BCUT2D eigenvalue weighted by atomic mass is 10.1. The molecule has 8 heteroatoms. The molecule has 2 N–H and O–H groups in total. The predicted octanol–water partition coefficient (Wildman–Crippen LogP) is 3.81. The number of carbonyl (C=O) groups excluding carboxylic acids is 1. The molecule has 0 radical (unpaired) electrons. The molecule has 2 aromatic carbocycles. The van der Waals surface area contributed by atoms with Crippen molar-refractivity contribution in [2.24, 2.45) is 0 Å². The summed E-state index contributed by atoms with van der Waals surface area (Å²) in [5, 5.41) is 13.4. The first-order chi connectivity index (χ1) is 12.4. The second kappa shape index (κ2) is 7.13. The van der Waals surface area contributed by atoms with Crippen molar-refractivity contribution < 1.29 is 23.4 Å². The quantitative estimate of drug-likeness (QED) is 0.724. The van der Waals surface area contributed by atoms with Gasteiger partial charge < -0.3 is 15.2 Å². The third kappa shape index (κ3) is 3.25. The molecule has 0 bridgehead atoms. The minimum absolute atomic E-state index is 0.125. The first-order valence-electron chi connectivity index (χ1n) is 7.48. The monoisotopic (exact) mass is 378 g/mol. The van der Waals surface area contributed by atoms with Crippen molar-refractivity contribution in [3.05, 3.63) is 64.3 Å². The second-order valence-corrected chi connectivity index (χ2v) is 5.87. The summed E-state index contributed by atoms with van der Waals surface area (Å²) in [4.78, 5) is 16.1. The van der Waals surface area contributed by atoms with Gasteiger partial charge in [0.25, 0.3) is 5.91 Å². The van der Waals surface area contributed by atoms with E-state index in [-0.39, 0.29) is 17.5 Å². The number of benzene rings is 2. The number of fused-ring (bicyclic) bond motifs is 1. The van der Waals surface area contributed by atoms with Crippen LogP contribution in [0.25, 0.3) is 10.9 Å². The van der Waals surface area contributed by atoms with E-state index in [1.165, 1.54) is 0 Å². The zero-order valence-corrected chi connectivity index (χ0v) is 14.3. The van der Waals surface area contributed by atoms with Crippen LogP contribution in [0, 0.1) is 11.6 Å². The molecule has 1 amide bonds. The maximum atomic E-state index is 14.0. The van der Waals surface area contributed by atoms with E-state index in [9.17, 15) is 18.7 Å². The van der Waals surface area contributed by atoms with E-state index in [4.69, 9.17) is 16.3 Å². The van der Waals surface area contributed by atoms with Crippen molar-refractivity contribution in [2.45, 2.75) is 6.54 Å². The molecule has 1 heterocycles. The highest BCUT2D eigenvalue weighted by Gasteiger charge is 2.21. The third-order valence-corrected chi connectivity index (χ3v) is 4.06. The first kappa shape index (κ1) is 17.9. The highest BCUT2D eigenvalue weighted by Crippen LogP contribution is 2.34. The largest absolute Gasteiger partial charge is 0.506 e. The third-order valence-electron chi connectivity index (χ3n) is 3.81. The smallest absolute Gasteiger partial charge is 0.256 e. The zero-order valence-electron chi connectivity index (χ0n) is 13.5. The average Bonchev–Trinajstić information content (AvgIpc) is 2.64. The number of nitrogens with zero attached hydrogens (tertiary/aromatic N) is 1. The number of nitrogens with one attached hydrogen (secondary N) is 1. The molecule has 0 fully saturated rings. The van der Waals surface area contributed by atoms with Crippen molar-refractivity contribution in [2.75, 3.05) is 7.11 Å². The number of aromatic nitrogens is 1.